The van der Waals surface area contributed by atoms with Crippen LogP contribution in [0.1, 0.15) is 52.4 Å². The molecule has 0 aromatic carbocycles. The fourth-order valence-corrected chi connectivity index (χ4v) is 6.80. The molecule has 2 N–H and O–H groups in total. The van der Waals surface area contributed by atoms with E-state index in [1.54, 1.807) is 24.5 Å². The lowest BCUT2D eigenvalue weighted by Gasteiger charge is -2.38. The van der Waals surface area contributed by atoms with Crippen LogP contribution >= 0.6 is 11.6 Å². The number of amides is 1. The highest BCUT2D eigenvalue weighted by molar-refractivity contribution is 6.30. The number of nitrogens with zero attached hydrogens (tertiary/aromatic N) is 6. The van der Waals surface area contributed by atoms with E-state index in [1.165, 1.54) is 12.8 Å². The van der Waals surface area contributed by atoms with Gasteiger partial charge in [0.05, 0.1) is 21.7 Å². The highest BCUT2D eigenvalue weighted by Crippen LogP contribution is 2.42. The minimum absolute atomic E-state index is 0.0270. The van der Waals surface area contributed by atoms with Crippen molar-refractivity contribution in [2.24, 2.45) is 18.9 Å². The number of rotatable bonds is 6. The molecule has 4 aromatic heterocycles. The van der Waals surface area contributed by atoms with Gasteiger partial charge in [0.15, 0.2) is 0 Å². The number of anilines is 1. The first-order chi connectivity index (χ1) is 19.3. The molecule has 4 aromatic rings. The summed E-state index contributed by atoms with van der Waals surface area (Å²) >= 11 is 6.31. The van der Waals surface area contributed by atoms with E-state index in [2.05, 4.69) is 32.3 Å². The Morgan fingerprint density at radius 2 is 2.05 bits per heavy atom. The van der Waals surface area contributed by atoms with Gasteiger partial charge in [-0.25, -0.2) is 14.8 Å². The Kier molecular flexibility index (Phi) is 7.07. The molecule has 1 saturated carbocycles. The Bertz CT molecular complexity index is 1610. The van der Waals surface area contributed by atoms with Crippen molar-refractivity contribution in [1.29, 1.82) is 0 Å². The normalized spacial score (nSPS) is 23.1. The highest BCUT2D eigenvalue weighted by atomic mass is 35.5. The first-order valence-electron chi connectivity index (χ1n) is 13.9. The molecule has 2 fully saturated rings. The number of hydrogen-bond donors (Lipinski definition) is 2. The number of carbonyl (C=O) groups excluding carboxylic acids is 1. The van der Waals surface area contributed by atoms with Gasteiger partial charge in [-0.05, 0) is 56.6 Å². The van der Waals surface area contributed by atoms with Crippen molar-refractivity contribution in [3.63, 3.8) is 0 Å². The maximum absolute atomic E-state index is 13.3. The molecule has 2 aliphatic rings. The summed E-state index contributed by atoms with van der Waals surface area (Å²) in [6, 6.07) is 3.47. The molecule has 0 spiro atoms. The minimum Gasteiger partial charge on any atom is -0.355 e. The van der Waals surface area contributed by atoms with E-state index in [4.69, 9.17) is 26.1 Å². The summed E-state index contributed by atoms with van der Waals surface area (Å²) in [6.07, 6.45) is 9.74. The van der Waals surface area contributed by atoms with Gasteiger partial charge in [0.2, 0.25) is 17.7 Å². The second-order valence-corrected chi connectivity index (χ2v) is 11.5. The molecular formula is C28H33ClN8O3. The van der Waals surface area contributed by atoms with Crippen LogP contribution in [0.2, 0.25) is 5.02 Å². The van der Waals surface area contributed by atoms with Gasteiger partial charge in [-0.3, -0.25) is 19.3 Å². The zero-order chi connectivity index (χ0) is 28.0. The van der Waals surface area contributed by atoms with Crippen molar-refractivity contribution in [1.82, 2.24) is 35.0 Å². The number of aryl methyl sites for hydroxylation is 1. The molecule has 1 amide bonds. The number of halogens is 1. The molecule has 6 rings (SSSR count). The fraction of sp³-hybridized carbons (Fsp3) is 0.500. The van der Waals surface area contributed by atoms with E-state index in [9.17, 15) is 9.59 Å². The smallest absolute Gasteiger partial charge is 0.355 e. The fourth-order valence-electron chi connectivity index (χ4n) is 6.63. The molecule has 5 heterocycles. The Balaban J connectivity index is 1.54. The van der Waals surface area contributed by atoms with Crippen LogP contribution in [0.5, 0.6) is 0 Å². The van der Waals surface area contributed by atoms with Gasteiger partial charge in [-0.1, -0.05) is 36.5 Å². The van der Waals surface area contributed by atoms with E-state index >= 15 is 0 Å². The summed E-state index contributed by atoms with van der Waals surface area (Å²) in [4.78, 5) is 44.1. The van der Waals surface area contributed by atoms with Crippen molar-refractivity contribution >= 4 is 34.5 Å². The summed E-state index contributed by atoms with van der Waals surface area (Å²) in [7, 11) is 1.96. The standard InChI is InChI=1S/C28H33ClN8O3/c1-4-31-26(38)22-9-8-21(16-7-5-6-15(2)10-16)37(22)27-33-19-12-20(25-34-28(39)40-35-25)32-23(24(19)36(27)3)17-11-18(29)14-30-13-17/h11-16,21-22H,4-10H2,1-3H3,(H,31,38)(H,34,35,39). The van der Waals surface area contributed by atoms with Crippen LogP contribution in [0.4, 0.5) is 5.95 Å². The van der Waals surface area contributed by atoms with Gasteiger partial charge in [0, 0.05) is 37.6 Å². The maximum Gasteiger partial charge on any atom is 0.439 e. The highest BCUT2D eigenvalue weighted by Gasteiger charge is 2.44. The van der Waals surface area contributed by atoms with Crippen LogP contribution in [-0.2, 0) is 11.8 Å². The minimum atomic E-state index is -0.670. The lowest BCUT2D eigenvalue weighted by molar-refractivity contribution is -0.122. The summed E-state index contributed by atoms with van der Waals surface area (Å²) in [5, 5.41) is 7.36. The van der Waals surface area contributed by atoms with Gasteiger partial charge < -0.3 is 14.8 Å². The number of likely N-dealkylation sites (N-methyl/N-ethyl adjacent to an activating group) is 1. The number of fused-ring (bicyclic) bond motifs is 1. The van der Waals surface area contributed by atoms with Gasteiger partial charge in [-0.2, -0.15) is 0 Å². The number of pyridine rings is 2. The molecule has 0 radical (unpaired) electrons. The van der Waals surface area contributed by atoms with E-state index in [0.29, 0.717) is 45.9 Å². The number of aromatic nitrogens is 6. The molecule has 210 valence electrons. The molecule has 12 heteroatoms. The topological polar surface area (TPSA) is 135 Å². The second-order valence-electron chi connectivity index (χ2n) is 11.0. The summed E-state index contributed by atoms with van der Waals surface area (Å²) in [5.41, 5.74) is 3.10. The van der Waals surface area contributed by atoms with Gasteiger partial charge in [0.1, 0.15) is 11.7 Å². The maximum atomic E-state index is 13.3. The molecule has 4 atom stereocenters. The van der Waals surface area contributed by atoms with Crippen LogP contribution < -0.4 is 16.0 Å². The van der Waals surface area contributed by atoms with Gasteiger partial charge >= 0.3 is 5.76 Å². The van der Waals surface area contributed by atoms with Crippen molar-refractivity contribution in [2.75, 3.05) is 11.4 Å². The van der Waals surface area contributed by atoms with Crippen molar-refractivity contribution in [2.45, 2.75) is 64.5 Å². The monoisotopic (exact) mass is 564 g/mol. The summed E-state index contributed by atoms with van der Waals surface area (Å²) in [6.45, 7) is 4.85. The number of carbonyl (C=O) groups is 1. The van der Waals surface area contributed by atoms with Crippen LogP contribution in [0.3, 0.4) is 0 Å². The summed E-state index contributed by atoms with van der Waals surface area (Å²) in [5.74, 6) is 1.44. The first kappa shape index (κ1) is 26.5. The number of aromatic amines is 1. The largest absolute Gasteiger partial charge is 0.439 e. The van der Waals surface area contributed by atoms with Gasteiger partial charge in [-0.15, -0.1) is 0 Å². The van der Waals surface area contributed by atoms with E-state index in [1.807, 2.05) is 18.5 Å². The number of hydrogen-bond acceptors (Lipinski definition) is 8. The molecule has 1 saturated heterocycles. The number of nitrogens with one attached hydrogen (secondary N) is 2. The van der Waals surface area contributed by atoms with Crippen molar-refractivity contribution in [3.05, 3.63) is 40.1 Å². The molecule has 11 nitrogen and oxygen atoms in total. The predicted octanol–water partition coefficient (Wildman–Crippen LogP) is 4.33. The zero-order valence-electron chi connectivity index (χ0n) is 22.9. The molecule has 40 heavy (non-hydrogen) atoms. The average molecular weight is 565 g/mol. The third-order valence-electron chi connectivity index (χ3n) is 8.32. The SMILES string of the molecule is CCNC(=O)C1CCC(C2CCCC(C)C2)N1c1nc2cc(-c3noc(=O)[nH]3)nc(-c3cncc(Cl)c3)c2n1C. The van der Waals surface area contributed by atoms with Crippen LogP contribution in [-0.4, -0.2) is 54.2 Å². The zero-order valence-corrected chi connectivity index (χ0v) is 23.6. The van der Waals surface area contributed by atoms with E-state index in [0.717, 1.165) is 37.1 Å². The van der Waals surface area contributed by atoms with E-state index in [-0.39, 0.29) is 23.8 Å². The van der Waals surface area contributed by atoms with Crippen LogP contribution in [0.15, 0.2) is 33.8 Å². The molecule has 4 unspecified atom stereocenters. The molecular weight excluding hydrogens is 532 g/mol. The lowest BCUT2D eigenvalue weighted by atomic mass is 9.78. The third-order valence-corrected chi connectivity index (χ3v) is 8.53. The first-order valence-corrected chi connectivity index (χ1v) is 14.3. The van der Waals surface area contributed by atoms with Crippen LogP contribution in [0, 0.1) is 11.8 Å². The average Bonchev–Trinajstić information content (AvgIpc) is 3.65. The van der Waals surface area contributed by atoms with E-state index < -0.39 is 5.76 Å². The Labute approximate surface area is 236 Å². The second kappa shape index (κ2) is 10.7. The Morgan fingerprint density at radius 3 is 2.77 bits per heavy atom. The molecule has 1 aliphatic carbocycles. The lowest BCUT2D eigenvalue weighted by Crippen LogP contribution is -2.49. The quantitative estimate of drug-likeness (QED) is 0.353. The molecule has 1 aliphatic heterocycles. The number of imidazole rings is 1. The molecule has 0 bridgehead atoms. The van der Waals surface area contributed by atoms with Crippen molar-refractivity contribution in [3.8, 4) is 22.8 Å². The predicted molar refractivity (Wildman–Crippen MR) is 152 cm³/mol. The van der Waals surface area contributed by atoms with Crippen LogP contribution in [0.25, 0.3) is 33.8 Å². The number of H-pyrrole nitrogens is 1. The van der Waals surface area contributed by atoms with Gasteiger partial charge in [0.25, 0.3) is 0 Å². The Morgan fingerprint density at radius 1 is 1.20 bits per heavy atom. The Hall–Kier alpha value is -3.73. The third kappa shape index (κ3) is 4.76. The van der Waals surface area contributed by atoms with Crippen molar-refractivity contribution < 1.29 is 9.32 Å². The summed E-state index contributed by atoms with van der Waals surface area (Å²) < 4.78 is 6.76.